The molecule has 4 N–H and O–H groups in total. The number of carbonyl (C=O) groups excluding carboxylic acids is 1. The van der Waals surface area contributed by atoms with Gasteiger partial charge in [-0.25, -0.2) is 21.6 Å². The third-order valence-corrected chi connectivity index (χ3v) is 9.44. The molecule has 1 amide bonds. The molecule has 5 rings (SSSR count). The predicted octanol–water partition coefficient (Wildman–Crippen LogP) is 3.90. The van der Waals surface area contributed by atoms with E-state index in [1.165, 1.54) is 66.9 Å². The van der Waals surface area contributed by atoms with Crippen LogP contribution in [0.3, 0.4) is 0 Å². The van der Waals surface area contributed by atoms with Gasteiger partial charge >= 0.3 is 0 Å². The summed E-state index contributed by atoms with van der Waals surface area (Å²) in [6.45, 7) is 1.05. The number of amides is 1. The highest BCUT2D eigenvalue weighted by Gasteiger charge is 2.55. The van der Waals surface area contributed by atoms with Gasteiger partial charge in [-0.05, 0) is 73.2 Å². The zero-order valence-corrected chi connectivity index (χ0v) is 23.4. The van der Waals surface area contributed by atoms with E-state index in [-0.39, 0.29) is 23.7 Å². The normalized spacial score (nSPS) is 19.3. The Morgan fingerprint density at radius 2 is 1.61 bits per heavy atom. The summed E-state index contributed by atoms with van der Waals surface area (Å²) in [6, 6.07) is 13.9. The first kappa shape index (κ1) is 29.2. The number of sulfonamides is 1. The highest BCUT2D eigenvalue weighted by molar-refractivity contribution is 7.88. The van der Waals surface area contributed by atoms with Crippen molar-refractivity contribution in [2.75, 3.05) is 24.7 Å². The van der Waals surface area contributed by atoms with Crippen LogP contribution in [0, 0.1) is 17.5 Å². The van der Waals surface area contributed by atoms with Crippen molar-refractivity contribution in [2.45, 2.75) is 49.2 Å². The fourth-order valence-corrected chi connectivity index (χ4v) is 7.63. The average molecular weight is 587 g/mol. The zero-order valence-electron chi connectivity index (χ0n) is 22.6. The molecular formula is C30H33F3N4O3S. The smallest absolute Gasteiger partial charge is 0.242 e. The third-order valence-electron chi connectivity index (χ3n) is 8.04. The summed E-state index contributed by atoms with van der Waals surface area (Å²) in [5.74, 6) is -2.78. The Morgan fingerprint density at radius 3 is 2.15 bits per heavy atom. The molecular weight excluding hydrogens is 553 g/mol. The van der Waals surface area contributed by atoms with E-state index in [1.807, 2.05) is 0 Å². The molecule has 0 aromatic heterocycles. The number of nitrogens with two attached hydrogens (primary N) is 1. The lowest BCUT2D eigenvalue weighted by molar-refractivity contribution is -0.117. The largest absolute Gasteiger partial charge is 0.324 e. The number of hydrogen-bond acceptors (Lipinski definition) is 5. The highest BCUT2D eigenvalue weighted by atomic mass is 32.2. The van der Waals surface area contributed by atoms with Crippen molar-refractivity contribution < 1.29 is 26.4 Å². The van der Waals surface area contributed by atoms with E-state index >= 15 is 4.39 Å². The van der Waals surface area contributed by atoms with Crippen molar-refractivity contribution in [1.82, 2.24) is 9.62 Å². The quantitative estimate of drug-likeness (QED) is 0.353. The van der Waals surface area contributed by atoms with Crippen molar-refractivity contribution in [2.24, 2.45) is 5.73 Å². The highest BCUT2D eigenvalue weighted by Crippen LogP contribution is 2.46. The molecule has 1 spiro atoms. The molecule has 1 heterocycles. The Morgan fingerprint density at radius 1 is 1.02 bits per heavy atom. The van der Waals surface area contributed by atoms with E-state index in [1.54, 1.807) is 10.4 Å². The van der Waals surface area contributed by atoms with Crippen LogP contribution < -0.4 is 16.4 Å². The first-order valence-electron chi connectivity index (χ1n) is 13.5. The maximum absolute atomic E-state index is 15.1. The molecule has 41 heavy (non-hydrogen) atoms. The van der Waals surface area contributed by atoms with Gasteiger partial charge in [0.05, 0.1) is 12.3 Å². The van der Waals surface area contributed by atoms with Gasteiger partial charge in [-0.2, -0.15) is 4.31 Å². The molecule has 1 aliphatic heterocycles. The lowest BCUT2D eigenvalue weighted by Gasteiger charge is -2.41. The van der Waals surface area contributed by atoms with Gasteiger partial charge in [-0.15, -0.1) is 0 Å². The van der Waals surface area contributed by atoms with Gasteiger partial charge in [-0.1, -0.05) is 30.3 Å². The van der Waals surface area contributed by atoms with Crippen LogP contribution in [0.15, 0.2) is 66.7 Å². The minimum Gasteiger partial charge on any atom is -0.324 e. The van der Waals surface area contributed by atoms with E-state index in [2.05, 4.69) is 10.6 Å². The molecule has 3 aromatic rings. The molecule has 7 nitrogen and oxygen atoms in total. The topological polar surface area (TPSA) is 105 Å². The van der Waals surface area contributed by atoms with Crippen molar-refractivity contribution in [3.63, 3.8) is 0 Å². The van der Waals surface area contributed by atoms with Crippen LogP contribution in [0.1, 0.15) is 41.9 Å². The van der Waals surface area contributed by atoms with Gasteiger partial charge in [0.25, 0.3) is 0 Å². The summed E-state index contributed by atoms with van der Waals surface area (Å²) in [5, 5.41) is 6.07. The van der Waals surface area contributed by atoms with Crippen LogP contribution in [-0.2, 0) is 21.2 Å². The Hall–Kier alpha value is -3.25. The van der Waals surface area contributed by atoms with Crippen LogP contribution in [0.5, 0.6) is 0 Å². The average Bonchev–Trinajstić information content (AvgIpc) is 3.68. The monoisotopic (exact) mass is 586 g/mol. The summed E-state index contributed by atoms with van der Waals surface area (Å²) in [6.07, 6.45) is 3.31. The molecule has 0 bridgehead atoms. The number of nitrogens with one attached hydrogen (secondary N) is 2. The first-order valence-corrected chi connectivity index (χ1v) is 15.4. The van der Waals surface area contributed by atoms with Crippen LogP contribution in [-0.4, -0.2) is 55.6 Å². The minimum absolute atomic E-state index is 0.186. The Labute approximate surface area is 238 Å². The molecule has 0 radical (unpaired) electrons. The molecule has 2 unspecified atom stereocenters. The Bertz CT molecular complexity index is 1470. The van der Waals surface area contributed by atoms with Crippen LogP contribution >= 0.6 is 0 Å². The van der Waals surface area contributed by atoms with Gasteiger partial charge in [0.2, 0.25) is 15.9 Å². The Kier molecular flexibility index (Phi) is 8.24. The molecule has 1 aliphatic carbocycles. The van der Waals surface area contributed by atoms with Crippen LogP contribution in [0.2, 0.25) is 0 Å². The summed E-state index contributed by atoms with van der Waals surface area (Å²) < 4.78 is 69.3. The number of anilines is 1. The number of rotatable bonds is 9. The lowest BCUT2D eigenvalue weighted by atomic mass is 9.85. The molecule has 1 saturated heterocycles. The number of carbonyl (C=O) groups is 1. The number of benzene rings is 3. The molecule has 11 heteroatoms. The fourth-order valence-electron chi connectivity index (χ4n) is 5.96. The lowest BCUT2D eigenvalue weighted by Crippen LogP contribution is -2.60. The maximum atomic E-state index is 15.1. The van der Waals surface area contributed by atoms with E-state index < -0.39 is 50.9 Å². The molecule has 2 fully saturated rings. The number of halogens is 3. The second kappa shape index (κ2) is 11.6. The van der Waals surface area contributed by atoms with Gasteiger partial charge in [-0.3, -0.25) is 4.79 Å². The van der Waals surface area contributed by atoms with E-state index in [4.69, 9.17) is 5.73 Å². The maximum Gasteiger partial charge on any atom is 0.242 e. The summed E-state index contributed by atoms with van der Waals surface area (Å²) in [4.78, 5) is 13.5. The van der Waals surface area contributed by atoms with E-state index in [0.717, 1.165) is 12.8 Å². The number of piperazine rings is 1. The second-order valence-electron chi connectivity index (χ2n) is 11.0. The standard InChI is InChI=1S/C30H33F3N4O3S/c1-41(39,40)37-23(17-35-18-30(37)15-16-30)13-14-24-25(33)3-2-4-26(24)36-29(38)28(34)27(19-5-9-21(31)10-6-19)20-7-11-22(32)12-8-20/h2-12,23,27-28,35H,13-18,34H2,1H3,(H,36,38). The summed E-state index contributed by atoms with van der Waals surface area (Å²) >= 11 is 0. The number of nitrogens with zero attached hydrogens (tertiary/aromatic N) is 1. The SMILES string of the molecule is CS(=O)(=O)N1C(CCc2c(F)cccc2NC(=O)C(N)C(c2ccc(F)cc2)c2ccc(F)cc2)CNCC12CC2. The van der Waals surface area contributed by atoms with Crippen molar-refractivity contribution in [3.05, 3.63) is 101 Å². The van der Waals surface area contributed by atoms with Crippen molar-refractivity contribution >= 4 is 21.6 Å². The molecule has 3 aromatic carbocycles. The van der Waals surface area contributed by atoms with Gasteiger partial charge in [0.1, 0.15) is 17.5 Å². The predicted molar refractivity (Wildman–Crippen MR) is 151 cm³/mol. The third kappa shape index (κ3) is 6.33. The molecule has 2 aliphatic rings. The molecule has 1 saturated carbocycles. The van der Waals surface area contributed by atoms with Gasteiger partial charge in [0.15, 0.2) is 0 Å². The zero-order chi connectivity index (χ0) is 29.4. The summed E-state index contributed by atoms with van der Waals surface area (Å²) in [7, 11) is -3.48. The van der Waals surface area contributed by atoms with E-state index in [9.17, 15) is 22.0 Å². The van der Waals surface area contributed by atoms with Crippen LogP contribution in [0.4, 0.5) is 18.9 Å². The van der Waals surface area contributed by atoms with Gasteiger partial charge in [0, 0.05) is 41.8 Å². The minimum atomic E-state index is -3.48. The van der Waals surface area contributed by atoms with Crippen molar-refractivity contribution in [3.8, 4) is 0 Å². The molecule has 218 valence electrons. The van der Waals surface area contributed by atoms with Gasteiger partial charge < -0.3 is 16.4 Å². The Balaban J connectivity index is 1.37. The first-order chi connectivity index (χ1) is 19.5. The molecule has 2 atom stereocenters. The number of hydrogen-bond donors (Lipinski definition) is 3. The van der Waals surface area contributed by atoms with Crippen LogP contribution in [0.25, 0.3) is 0 Å². The summed E-state index contributed by atoms with van der Waals surface area (Å²) in [5.41, 5.74) is 7.64. The fraction of sp³-hybridized carbons (Fsp3) is 0.367. The second-order valence-corrected chi connectivity index (χ2v) is 12.8. The van der Waals surface area contributed by atoms with Crippen molar-refractivity contribution in [1.29, 1.82) is 0 Å². The van der Waals surface area contributed by atoms with E-state index in [0.29, 0.717) is 30.6 Å².